The lowest BCUT2D eigenvalue weighted by molar-refractivity contribution is -0.133. The van der Waals surface area contributed by atoms with Crippen LogP contribution >= 0.6 is 48.0 Å². The van der Waals surface area contributed by atoms with E-state index in [0.717, 1.165) is 30.4 Å². The number of esters is 2. The van der Waals surface area contributed by atoms with Gasteiger partial charge in [0.2, 0.25) is 11.8 Å². The number of hydrogen-bond donors (Lipinski definition) is 1. The number of amides is 4. The number of thioether (sulfide) groups is 2. The van der Waals surface area contributed by atoms with Crippen molar-refractivity contribution in [1.82, 2.24) is 24.9 Å². The van der Waals surface area contributed by atoms with Crippen LogP contribution in [0.15, 0.2) is 58.3 Å². The number of thiocarbonyl (C=S) groups is 2. The van der Waals surface area contributed by atoms with Crippen molar-refractivity contribution in [2.75, 3.05) is 66.6 Å². The van der Waals surface area contributed by atoms with Crippen molar-refractivity contribution in [3.05, 3.63) is 80.6 Å². The summed E-state index contributed by atoms with van der Waals surface area (Å²) in [6.45, 7) is 4.45. The van der Waals surface area contributed by atoms with Crippen molar-refractivity contribution < 1.29 is 38.2 Å². The third kappa shape index (κ3) is 11.6. The number of nitrogens with one attached hydrogen (secondary N) is 1. The number of nitrogens with zero attached hydrogens (tertiary/aromatic N) is 4. The number of benzene rings is 2. The zero-order valence-electron chi connectivity index (χ0n) is 31.2. The lowest BCUT2D eigenvalue weighted by Gasteiger charge is -2.34. The third-order valence-corrected chi connectivity index (χ3v) is 12.1. The summed E-state index contributed by atoms with van der Waals surface area (Å²) in [6, 6.07) is 13.5. The normalized spacial score (nSPS) is 17.6. The first-order valence-corrected chi connectivity index (χ1v) is 20.6. The van der Waals surface area contributed by atoms with E-state index in [1.165, 1.54) is 42.6 Å². The highest BCUT2D eigenvalue weighted by atomic mass is 32.2. The molecule has 3 saturated heterocycles. The summed E-state index contributed by atoms with van der Waals surface area (Å²) in [5.74, 6) is -1.32. The van der Waals surface area contributed by atoms with Crippen molar-refractivity contribution in [2.24, 2.45) is 0 Å². The molecule has 0 radical (unpaired) electrons. The first kappa shape index (κ1) is 42.7. The van der Waals surface area contributed by atoms with Gasteiger partial charge >= 0.3 is 11.9 Å². The second-order valence-electron chi connectivity index (χ2n) is 13.0. The maximum absolute atomic E-state index is 13.0. The van der Waals surface area contributed by atoms with Crippen molar-refractivity contribution in [2.45, 2.75) is 32.1 Å². The number of ether oxygens (including phenoxy) is 2. The Labute approximate surface area is 345 Å². The lowest BCUT2D eigenvalue weighted by atomic mass is 10.1. The second kappa shape index (κ2) is 20.7. The molecular weight excluding hydrogens is 795 g/mol. The number of hydrogen-bond acceptors (Lipinski definition) is 13. The van der Waals surface area contributed by atoms with Gasteiger partial charge in [-0.3, -0.25) is 33.9 Å². The fourth-order valence-corrected chi connectivity index (χ4v) is 8.73. The van der Waals surface area contributed by atoms with Crippen LogP contribution in [0, 0.1) is 0 Å². The van der Waals surface area contributed by atoms with E-state index in [-0.39, 0.29) is 36.6 Å². The molecule has 13 nitrogen and oxygen atoms in total. The summed E-state index contributed by atoms with van der Waals surface area (Å²) >= 11 is 13.3. The summed E-state index contributed by atoms with van der Waals surface area (Å²) in [6.07, 6.45) is 6.27. The van der Waals surface area contributed by atoms with Crippen LogP contribution in [0.3, 0.4) is 0 Å². The van der Waals surface area contributed by atoms with Crippen LogP contribution in [-0.2, 0) is 28.7 Å². The topological polar surface area (TPSA) is 146 Å². The largest absolute Gasteiger partial charge is 0.465 e. The van der Waals surface area contributed by atoms with Crippen LogP contribution in [0.25, 0.3) is 12.2 Å². The molecule has 0 bridgehead atoms. The maximum Gasteiger partial charge on any atom is 0.337 e. The molecule has 3 aliphatic rings. The Kier molecular flexibility index (Phi) is 15.8. The van der Waals surface area contributed by atoms with E-state index in [1.807, 2.05) is 4.90 Å². The molecule has 296 valence electrons. The average molecular weight is 838 g/mol. The summed E-state index contributed by atoms with van der Waals surface area (Å²) in [5.41, 5.74) is 2.37. The summed E-state index contributed by atoms with van der Waals surface area (Å²) in [5, 5.41) is 2.92. The second-order valence-corrected chi connectivity index (χ2v) is 16.4. The van der Waals surface area contributed by atoms with Gasteiger partial charge in [0.1, 0.15) is 8.64 Å². The first-order chi connectivity index (χ1) is 27.0. The molecule has 0 atom stereocenters. The van der Waals surface area contributed by atoms with Crippen LogP contribution < -0.4 is 5.32 Å². The Morgan fingerprint density at radius 2 is 1.18 bits per heavy atom. The Balaban J connectivity index is 0.925. The highest BCUT2D eigenvalue weighted by Crippen LogP contribution is 2.34. The predicted molar refractivity (Wildman–Crippen MR) is 224 cm³/mol. The zero-order chi connectivity index (χ0) is 40.2. The van der Waals surface area contributed by atoms with Crippen molar-refractivity contribution in [1.29, 1.82) is 0 Å². The van der Waals surface area contributed by atoms with Gasteiger partial charge in [0, 0.05) is 65.2 Å². The molecule has 2 aromatic rings. The highest BCUT2D eigenvalue weighted by Gasteiger charge is 2.33. The standard InChI is InChI=1S/C39H43N5O8S4/c1-51-36(49)28-11-7-26(8-12-28)24-30-34(47)43(38(53)55-30)17-5-3-4-6-33(46)42-22-20-41(21-23-42)19-16-40-32(45)15-18-44-35(48)31(56-39(44)54)25-27-9-13-29(14-10-27)37(50)52-2/h7-14,24-25H,3-6,15-23H2,1-2H3,(H,40,45)/b30-24-,31-25+. The molecule has 4 amide bonds. The van der Waals surface area contributed by atoms with Crippen molar-refractivity contribution in [3.63, 3.8) is 0 Å². The molecule has 2 aromatic carbocycles. The van der Waals surface area contributed by atoms with E-state index >= 15 is 0 Å². The van der Waals surface area contributed by atoms with Gasteiger partial charge in [-0.1, -0.05) is 78.6 Å². The van der Waals surface area contributed by atoms with Gasteiger partial charge in [-0.15, -0.1) is 0 Å². The minimum atomic E-state index is -0.440. The highest BCUT2D eigenvalue weighted by molar-refractivity contribution is 8.27. The molecule has 5 rings (SSSR count). The van der Waals surface area contributed by atoms with E-state index in [4.69, 9.17) is 33.9 Å². The van der Waals surface area contributed by atoms with Gasteiger partial charge in [-0.25, -0.2) is 9.59 Å². The molecule has 0 unspecified atom stereocenters. The predicted octanol–water partition coefficient (Wildman–Crippen LogP) is 4.57. The fourth-order valence-electron chi connectivity index (χ4n) is 6.11. The lowest BCUT2D eigenvalue weighted by Crippen LogP contribution is -2.50. The van der Waals surface area contributed by atoms with Crippen LogP contribution in [0.5, 0.6) is 0 Å². The Morgan fingerprint density at radius 1 is 0.679 bits per heavy atom. The fraction of sp³-hybridized carbons (Fsp3) is 0.385. The van der Waals surface area contributed by atoms with Crippen LogP contribution in [0.1, 0.15) is 63.9 Å². The van der Waals surface area contributed by atoms with E-state index in [0.29, 0.717) is 81.8 Å². The van der Waals surface area contributed by atoms with Crippen LogP contribution in [0.2, 0.25) is 0 Å². The molecule has 3 heterocycles. The van der Waals surface area contributed by atoms with E-state index in [9.17, 15) is 28.8 Å². The van der Waals surface area contributed by atoms with E-state index in [2.05, 4.69) is 10.2 Å². The molecule has 0 aliphatic carbocycles. The van der Waals surface area contributed by atoms with Crippen molar-refractivity contribution >= 4 is 104 Å². The minimum Gasteiger partial charge on any atom is -0.465 e. The van der Waals surface area contributed by atoms with E-state index < -0.39 is 11.9 Å². The Hall–Kier alpha value is -4.42. The first-order valence-electron chi connectivity index (χ1n) is 18.1. The monoisotopic (exact) mass is 837 g/mol. The molecule has 56 heavy (non-hydrogen) atoms. The number of piperazine rings is 1. The quantitative estimate of drug-likeness (QED) is 0.109. The Bertz CT molecular complexity index is 1910. The number of carbonyl (C=O) groups is 6. The SMILES string of the molecule is COC(=O)c1ccc(/C=C2\SC(=S)N(CCCCCC(=O)N3CCN(CCNC(=O)CCN4C(=O)/C(=C\c5ccc(C(=O)OC)cc5)SC4=S)CC3)C2=O)cc1. The maximum atomic E-state index is 13.0. The Morgan fingerprint density at radius 3 is 1.68 bits per heavy atom. The molecule has 0 aromatic heterocycles. The van der Waals surface area contributed by atoms with Gasteiger partial charge in [0.15, 0.2) is 0 Å². The number of carbonyl (C=O) groups excluding carboxylic acids is 6. The smallest absolute Gasteiger partial charge is 0.337 e. The number of rotatable bonds is 16. The molecule has 1 N–H and O–H groups in total. The zero-order valence-corrected chi connectivity index (χ0v) is 34.4. The number of methoxy groups -OCH3 is 2. The number of unbranched alkanes of at least 4 members (excludes halogenated alkanes) is 2. The van der Waals surface area contributed by atoms with Crippen LogP contribution in [0.4, 0.5) is 0 Å². The third-order valence-electron chi connectivity index (χ3n) is 9.32. The summed E-state index contributed by atoms with van der Waals surface area (Å²) in [4.78, 5) is 82.9. The van der Waals surface area contributed by atoms with Gasteiger partial charge in [-0.2, -0.15) is 0 Å². The summed E-state index contributed by atoms with van der Waals surface area (Å²) < 4.78 is 10.3. The van der Waals surface area contributed by atoms with Gasteiger partial charge < -0.3 is 19.7 Å². The van der Waals surface area contributed by atoms with Gasteiger partial charge in [0.25, 0.3) is 11.8 Å². The molecule has 3 fully saturated rings. The van der Waals surface area contributed by atoms with Crippen molar-refractivity contribution in [3.8, 4) is 0 Å². The molecule has 0 spiro atoms. The van der Waals surface area contributed by atoms with Gasteiger partial charge in [0.05, 0.1) is 35.2 Å². The molecular formula is C39H43N5O8S4. The average Bonchev–Trinajstić information content (AvgIpc) is 3.63. The molecule has 3 aliphatic heterocycles. The van der Waals surface area contributed by atoms with E-state index in [1.54, 1.807) is 65.6 Å². The van der Waals surface area contributed by atoms with Gasteiger partial charge in [-0.05, 0) is 60.4 Å². The summed E-state index contributed by atoms with van der Waals surface area (Å²) in [7, 11) is 2.64. The van der Waals surface area contributed by atoms with Crippen LogP contribution in [-0.4, -0.2) is 130 Å². The minimum absolute atomic E-state index is 0.115. The molecule has 17 heteroatoms. The molecule has 0 saturated carbocycles.